The summed E-state index contributed by atoms with van der Waals surface area (Å²) in [6, 6.07) is 20.0. The molecule has 3 heterocycles. The van der Waals surface area contributed by atoms with Crippen molar-refractivity contribution in [1.82, 2.24) is 14.9 Å². The Balaban J connectivity index is 1.62. The third-order valence-electron chi connectivity index (χ3n) is 7.02. The summed E-state index contributed by atoms with van der Waals surface area (Å²) in [6.45, 7) is 5.90. The maximum absolute atomic E-state index is 14.9. The SMILES string of the molecule is COCC(=O)Nc1ccc(N2C(=S)N[C@@H](c3ccccn3)[C@@H]2c2cc(C)n(-c3ccccc3F)c2C)cc1C. The fourth-order valence-electron chi connectivity index (χ4n) is 5.30. The lowest BCUT2D eigenvalue weighted by atomic mass is 9.96. The number of carbonyl (C=O) groups is 1. The molecule has 1 aliphatic rings. The highest BCUT2D eigenvalue weighted by Crippen LogP contribution is 2.44. The molecule has 0 aliphatic carbocycles. The molecule has 2 N–H and O–H groups in total. The molecule has 7 nitrogen and oxygen atoms in total. The van der Waals surface area contributed by atoms with E-state index in [1.54, 1.807) is 18.3 Å². The number of hydrogen-bond donors (Lipinski definition) is 2. The highest BCUT2D eigenvalue weighted by atomic mass is 32.1. The van der Waals surface area contributed by atoms with E-state index in [9.17, 15) is 9.18 Å². The topological polar surface area (TPSA) is 71.4 Å². The molecule has 1 amide bonds. The number of rotatable bonds is 7. The average molecular weight is 544 g/mol. The third-order valence-corrected chi connectivity index (χ3v) is 7.33. The number of methoxy groups -OCH3 is 1. The summed E-state index contributed by atoms with van der Waals surface area (Å²) in [6.07, 6.45) is 1.77. The Morgan fingerprint density at radius 3 is 2.56 bits per heavy atom. The van der Waals surface area contributed by atoms with Gasteiger partial charge in [0.25, 0.3) is 0 Å². The zero-order valence-corrected chi connectivity index (χ0v) is 23.1. The molecule has 1 saturated heterocycles. The number of benzene rings is 2. The van der Waals surface area contributed by atoms with E-state index in [2.05, 4.69) is 26.6 Å². The van der Waals surface area contributed by atoms with Crippen molar-refractivity contribution >= 4 is 34.6 Å². The minimum Gasteiger partial charge on any atom is -0.375 e. The number of para-hydroxylation sites is 1. The molecular weight excluding hydrogens is 513 g/mol. The highest BCUT2D eigenvalue weighted by molar-refractivity contribution is 7.80. The molecule has 0 radical (unpaired) electrons. The monoisotopic (exact) mass is 543 g/mol. The minimum absolute atomic E-state index is 0.0211. The van der Waals surface area contributed by atoms with E-state index >= 15 is 0 Å². The van der Waals surface area contributed by atoms with Gasteiger partial charge in [-0.25, -0.2) is 4.39 Å². The number of aryl methyl sites for hydroxylation is 2. The largest absolute Gasteiger partial charge is 0.375 e. The number of anilines is 2. The van der Waals surface area contributed by atoms with Crippen LogP contribution < -0.4 is 15.5 Å². The van der Waals surface area contributed by atoms with Gasteiger partial charge >= 0.3 is 0 Å². The van der Waals surface area contributed by atoms with Crippen LogP contribution in [0.4, 0.5) is 15.8 Å². The lowest BCUT2D eigenvalue weighted by molar-refractivity contribution is -0.119. The Bertz CT molecular complexity index is 1540. The molecule has 4 aromatic rings. The first-order valence-electron chi connectivity index (χ1n) is 12.6. The van der Waals surface area contributed by atoms with Crippen molar-refractivity contribution in [2.24, 2.45) is 0 Å². The van der Waals surface area contributed by atoms with Gasteiger partial charge in [-0.3, -0.25) is 9.78 Å². The Labute approximate surface area is 232 Å². The normalized spacial score (nSPS) is 16.8. The van der Waals surface area contributed by atoms with Crippen LogP contribution in [0.15, 0.2) is 72.9 Å². The molecule has 2 aromatic carbocycles. The summed E-state index contributed by atoms with van der Waals surface area (Å²) in [5.41, 5.74) is 6.65. The molecule has 1 aliphatic heterocycles. The molecule has 200 valence electrons. The van der Waals surface area contributed by atoms with Crippen LogP contribution in [0.3, 0.4) is 0 Å². The molecule has 0 unspecified atom stereocenters. The van der Waals surface area contributed by atoms with E-state index in [1.165, 1.54) is 13.2 Å². The predicted molar refractivity (Wildman–Crippen MR) is 155 cm³/mol. The molecule has 1 fully saturated rings. The van der Waals surface area contributed by atoms with Crippen molar-refractivity contribution in [3.63, 3.8) is 0 Å². The number of amides is 1. The third kappa shape index (κ3) is 5.03. The van der Waals surface area contributed by atoms with Gasteiger partial charge in [-0.05, 0) is 92.6 Å². The molecule has 5 rings (SSSR count). The smallest absolute Gasteiger partial charge is 0.250 e. The van der Waals surface area contributed by atoms with Gasteiger partial charge in [0.1, 0.15) is 12.4 Å². The fourth-order valence-corrected chi connectivity index (χ4v) is 5.64. The molecule has 2 atom stereocenters. The predicted octanol–water partition coefficient (Wildman–Crippen LogP) is 5.70. The van der Waals surface area contributed by atoms with Crippen LogP contribution in [0, 0.1) is 26.6 Å². The van der Waals surface area contributed by atoms with Crippen LogP contribution in [0.5, 0.6) is 0 Å². The fraction of sp³-hybridized carbons (Fsp3) is 0.233. The molecule has 2 aromatic heterocycles. The van der Waals surface area contributed by atoms with Gasteiger partial charge in [0.05, 0.1) is 23.5 Å². The van der Waals surface area contributed by atoms with Crippen LogP contribution in [0.25, 0.3) is 5.69 Å². The van der Waals surface area contributed by atoms with E-state index < -0.39 is 0 Å². The standard InChI is InChI=1S/C30H30FN5O2S/c1-18-15-21(12-13-24(18)33-27(37)17-38-4)36-29(28(34-30(36)39)25-10-7-8-14-32-25)22-16-19(2)35(20(22)3)26-11-6-5-9-23(26)31/h5-16,28-29H,17H2,1-4H3,(H,33,37)(H,34,39)/t28-,29-/m0/s1. The van der Waals surface area contributed by atoms with Crippen molar-refractivity contribution in [3.05, 3.63) is 107 Å². The first kappa shape index (κ1) is 26.5. The quantitative estimate of drug-likeness (QED) is 0.292. The average Bonchev–Trinajstić information content (AvgIpc) is 3.41. The number of hydrogen-bond acceptors (Lipinski definition) is 4. The number of carbonyl (C=O) groups excluding carboxylic acids is 1. The van der Waals surface area contributed by atoms with Crippen LogP contribution in [-0.2, 0) is 9.53 Å². The second-order valence-corrected chi connectivity index (χ2v) is 9.98. The number of ether oxygens (including phenoxy) is 1. The zero-order chi connectivity index (χ0) is 27.7. The second kappa shape index (κ2) is 11.0. The molecular formula is C30H30FN5O2S. The maximum atomic E-state index is 14.9. The number of pyridine rings is 1. The van der Waals surface area contributed by atoms with Crippen LogP contribution >= 0.6 is 12.2 Å². The number of thiocarbonyl (C=S) groups is 1. The Hall–Kier alpha value is -4.08. The molecule has 0 spiro atoms. The van der Waals surface area contributed by atoms with Crippen LogP contribution in [0.1, 0.15) is 40.3 Å². The summed E-state index contributed by atoms with van der Waals surface area (Å²) in [5, 5.41) is 6.92. The Morgan fingerprint density at radius 2 is 1.87 bits per heavy atom. The number of aromatic nitrogens is 2. The minimum atomic E-state index is -0.286. The molecule has 9 heteroatoms. The van der Waals surface area contributed by atoms with Gasteiger partial charge in [0, 0.05) is 36.1 Å². The lowest BCUT2D eigenvalue weighted by Gasteiger charge is -2.29. The molecule has 0 saturated carbocycles. The summed E-state index contributed by atoms with van der Waals surface area (Å²) in [7, 11) is 1.48. The van der Waals surface area contributed by atoms with E-state index in [0.29, 0.717) is 16.5 Å². The van der Waals surface area contributed by atoms with Crippen molar-refractivity contribution in [1.29, 1.82) is 0 Å². The highest BCUT2D eigenvalue weighted by Gasteiger charge is 2.42. The summed E-state index contributed by atoms with van der Waals surface area (Å²) < 4.78 is 21.8. The van der Waals surface area contributed by atoms with Gasteiger partial charge in [-0.15, -0.1) is 0 Å². The second-order valence-electron chi connectivity index (χ2n) is 9.59. The number of nitrogens with zero attached hydrogens (tertiary/aromatic N) is 3. The Morgan fingerprint density at radius 1 is 1.10 bits per heavy atom. The van der Waals surface area contributed by atoms with E-state index in [-0.39, 0.29) is 30.4 Å². The van der Waals surface area contributed by atoms with Gasteiger partial charge in [0.2, 0.25) is 5.91 Å². The molecule has 39 heavy (non-hydrogen) atoms. The first-order valence-corrected chi connectivity index (χ1v) is 13.0. The molecule has 0 bridgehead atoms. The lowest BCUT2D eigenvalue weighted by Crippen LogP contribution is -2.29. The zero-order valence-electron chi connectivity index (χ0n) is 22.2. The van der Waals surface area contributed by atoms with Crippen molar-refractivity contribution in [3.8, 4) is 5.69 Å². The summed E-state index contributed by atoms with van der Waals surface area (Å²) in [5.74, 6) is -0.508. The van der Waals surface area contributed by atoms with Crippen LogP contribution in [-0.4, -0.2) is 34.3 Å². The van der Waals surface area contributed by atoms with Crippen molar-refractivity contribution in [2.75, 3.05) is 23.9 Å². The number of nitrogens with one attached hydrogen (secondary N) is 2. The van der Waals surface area contributed by atoms with Gasteiger partial charge in [-0.1, -0.05) is 18.2 Å². The summed E-state index contributed by atoms with van der Waals surface area (Å²) in [4.78, 5) is 18.8. The van der Waals surface area contributed by atoms with E-state index in [4.69, 9.17) is 17.0 Å². The van der Waals surface area contributed by atoms with Crippen molar-refractivity contribution in [2.45, 2.75) is 32.9 Å². The van der Waals surface area contributed by atoms with E-state index in [1.807, 2.05) is 67.8 Å². The number of halogens is 1. The van der Waals surface area contributed by atoms with Gasteiger partial charge in [-0.2, -0.15) is 0 Å². The maximum Gasteiger partial charge on any atom is 0.250 e. The van der Waals surface area contributed by atoms with Gasteiger partial charge in [0.15, 0.2) is 5.11 Å². The first-order chi connectivity index (χ1) is 18.8. The van der Waals surface area contributed by atoms with E-state index in [0.717, 1.165) is 33.9 Å². The van der Waals surface area contributed by atoms with Gasteiger partial charge < -0.3 is 24.8 Å². The Kier molecular flexibility index (Phi) is 7.45. The summed E-state index contributed by atoms with van der Waals surface area (Å²) >= 11 is 5.89. The van der Waals surface area contributed by atoms with Crippen LogP contribution in [0.2, 0.25) is 0 Å². The van der Waals surface area contributed by atoms with Crippen molar-refractivity contribution < 1.29 is 13.9 Å².